The smallest absolute Gasteiger partial charge is 0.362 e. The molecular formula is C20H15Cl3N2O4. The number of para-hydroxylation sites is 1. The Bertz CT molecular complexity index is 1120. The molecule has 0 N–H and O–H groups in total. The van der Waals surface area contributed by atoms with Gasteiger partial charge in [0.05, 0.1) is 33.4 Å². The highest BCUT2D eigenvalue weighted by Gasteiger charge is 2.20. The summed E-state index contributed by atoms with van der Waals surface area (Å²) in [5.41, 5.74) is 0.368. The zero-order valence-electron chi connectivity index (χ0n) is 15.2. The number of carbonyl (C=O) groups excluding carboxylic acids is 1. The van der Waals surface area contributed by atoms with Crippen molar-refractivity contribution in [3.63, 3.8) is 0 Å². The van der Waals surface area contributed by atoms with Gasteiger partial charge in [0, 0.05) is 0 Å². The molecule has 1 aromatic heterocycles. The normalized spacial score (nSPS) is 10.6. The number of hydrogen-bond acceptors (Lipinski definition) is 5. The van der Waals surface area contributed by atoms with Crippen molar-refractivity contribution in [1.29, 1.82) is 0 Å². The van der Waals surface area contributed by atoms with Gasteiger partial charge in [0.2, 0.25) is 5.69 Å². The number of rotatable bonds is 6. The molecule has 29 heavy (non-hydrogen) atoms. The summed E-state index contributed by atoms with van der Waals surface area (Å²) in [7, 11) is 0. The first-order valence-corrected chi connectivity index (χ1v) is 9.67. The third-order valence-electron chi connectivity index (χ3n) is 3.82. The van der Waals surface area contributed by atoms with Crippen LogP contribution in [-0.4, -0.2) is 22.4 Å². The van der Waals surface area contributed by atoms with Crippen molar-refractivity contribution < 1.29 is 14.3 Å². The molecule has 0 saturated heterocycles. The molecule has 0 aliphatic heterocycles. The highest BCUT2D eigenvalue weighted by Crippen LogP contribution is 2.25. The van der Waals surface area contributed by atoms with Crippen LogP contribution in [0.25, 0.3) is 5.69 Å². The van der Waals surface area contributed by atoms with Gasteiger partial charge in [-0.3, -0.25) is 4.79 Å². The minimum atomic E-state index is -0.725. The highest BCUT2D eigenvalue weighted by molar-refractivity contribution is 6.42. The van der Waals surface area contributed by atoms with Gasteiger partial charge in [-0.25, -0.2) is 4.79 Å². The highest BCUT2D eigenvalue weighted by atomic mass is 35.5. The standard InChI is InChI=1S/C20H15Cl3N2O4/c1-2-28-20(27)19-17(29-11-12-7-8-13(21)15(23)9-12)10-18(26)25(24-19)16-6-4-3-5-14(16)22/h3-10H,2,11H2,1H3. The first-order valence-electron chi connectivity index (χ1n) is 8.54. The van der Waals surface area contributed by atoms with Gasteiger partial charge in [0.15, 0.2) is 5.75 Å². The van der Waals surface area contributed by atoms with Gasteiger partial charge < -0.3 is 9.47 Å². The monoisotopic (exact) mass is 452 g/mol. The molecule has 3 rings (SSSR count). The maximum atomic E-state index is 12.6. The summed E-state index contributed by atoms with van der Waals surface area (Å²) in [5.74, 6) is -0.736. The van der Waals surface area contributed by atoms with Gasteiger partial charge in [-0.15, -0.1) is 0 Å². The fourth-order valence-corrected chi connectivity index (χ4v) is 3.01. The Morgan fingerprint density at radius 2 is 1.79 bits per heavy atom. The second-order valence-electron chi connectivity index (χ2n) is 5.82. The molecule has 1 heterocycles. The van der Waals surface area contributed by atoms with E-state index in [1.807, 2.05) is 0 Å². The van der Waals surface area contributed by atoms with E-state index >= 15 is 0 Å². The van der Waals surface area contributed by atoms with Crippen LogP contribution < -0.4 is 10.3 Å². The van der Waals surface area contributed by atoms with Crippen LogP contribution in [-0.2, 0) is 11.3 Å². The molecule has 150 valence electrons. The molecule has 0 spiro atoms. The summed E-state index contributed by atoms with van der Waals surface area (Å²) in [6.45, 7) is 1.84. The Morgan fingerprint density at radius 3 is 2.48 bits per heavy atom. The van der Waals surface area contributed by atoms with Gasteiger partial charge in [0.1, 0.15) is 6.61 Å². The van der Waals surface area contributed by atoms with Crippen molar-refractivity contribution in [3.05, 3.63) is 85.2 Å². The molecule has 0 unspecified atom stereocenters. The van der Waals surface area contributed by atoms with Crippen LogP contribution in [0.2, 0.25) is 15.1 Å². The van der Waals surface area contributed by atoms with Crippen molar-refractivity contribution in [2.45, 2.75) is 13.5 Å². The number of aromatic nitrogens is 2. The quantitative estimate of drug-likeness (QED) is 0.494. The van der Waals surface area contributed by atoms with E-state index in [9.17, 15) is 9.59 Å². The van der Waals surface area contributed by atoms with E-state index in [2.05, 4.69) is 5.10 Å². The van der Waals surface area contributed by atoms with Crippen LogP contribution in [0.1, 0.15) is 23.0 Å². The third kappa shape index (κ3) is 4.90. The number of carbonyl (C=O) groups is 1. The Kier molecular flexibility index (Phi) is 6.79. The average Bonchev–Trinajstić information content (AvgIpc) is 2.70. The Morgan fingerprint density at radius 1 is 1.03 bits per heavy atom. The molecule has 0 fully saturated rings. The number of hydrogen-bond donors (Lipinski definition) is 0. The van der Waals surface area contributed by atoms with Gasteiger partial charge >= 0.3 is 5.97 Å². The maximum absolute atomic E-state index is 12.6. The van der Waals surface area contributed by atoms with Crippen molar-refractivity contribution in [2.24, 2.45) is 0 Å². The fraction of sp³-hybridized carbons (Fsp3) is 0.150. The van der Waals surface area contributed by atoms with Gasteiger partial charge in [-0.2, -0.15) is 9.78 Å². The summed E-state index contributed by atoms with van der Waals surface area (Å²) >= 11 is 18.1. The van der Waals surface area contributed by atoms with E-state index < -0.39 is 11.5 Å². The minimum Gasteiger partial charge on any atom is -0.486 e. The second kappa shape index (κ2) is 9.31. The lowest BCUT2D eigenvalue weighted by molar-refractivity contribution is 0.0511. The number of nitrogens with zero attached hydrogens (tertiary/aromatic N) is 2. The third-order valence-corrected chi connectivity index (χ3v) is 4.88. The van der Waals surface area contributed by atoms with E-state index in [-0.39, 0.29) is 24.7 Å². The van der Waals surface area contributed by atoms with Crippen molar-refractivity contribution in [3.8, 4) is 11.4 Å². The summed E-state index contributed by atoms with van der Waals surface area (Å²) in [6.07, 6.45) is 0. The molecule has 2 aromatic carbocycles. The predicted octanol–water partition coefficient (Wildman–Crippen LogP) is 4.95. The molecule has 0 bridgehead atoms. The summed E-state index contributed by atoms with van der Waals surface area (Å²) < 4.78 is 11.8. The zero-order chi connectivity index (χ0) is 21.0. The minimum absolute atomic E-state index is 0.0113. The molecule has 3 aromatic rings. The van der Waals surface area contributed by atoms with Crippen LogP contribution >= 0.6 is 34.8 Å². The zero-order valence-corrected chi connectivity index (χ0v) is 17.5. The lowest BCUT2D eigenvalue weighted by Crippen LogP contribution is -2.25. The molecule has 0 atom stereocenters. The first kappa shape index (κ1) is 21.2. The Hall–Kier alpha value is -2.54. The van der Waals surface area contributed by atoms with Crippen LogP contribution in [0.15, 0.2) is 53.3 Å². The van der Waals surface area contributed by atoms with E-state index in [1.54, 1.807) is 49.4 Å². The summed E-state index contributed by atoms with van der Waals surface area (Å²) in [6, 6.07) is 12.8. The molecule has 6 nitrogen and oxygen atoms in total. The molecule has 0 amide bonds. The second-order valence-corrected chi connectivity index (χ2v) is 7.04. The number of ether oxygens (including phenoxy) is 2. The van der Waals surface area contributed by atoms with E-state index in [1.165, 1.54) is 6.07 Å². The van der Waals surface area contributed by atoms with E-state index in [0.717, 1.165) is 4.68 Å². The topological polar surface area (TPSA) is 70.4 Å². The number of halogens is 3. The maximum Gasteiger partial charge on any atom is 0.362 e. The van der Waals surface area contributed by atoms with Crippen molar-refractivity contribution >= 4 is 40.8 Å². The van der Waals surface area contributed by atoms with Gasteiger partial charge in [-0.05, 0) is 36.8 Å². The molecule has 9 heteroatoms. The van der Waals surface area contributed by atoms with Crippen LogP contribution in [0.4, 0.5) is 0 Å². The van der Waals surface area contributed by atoms with E-state index in [0.29, 0.717) is 26.3 Å². The lowest BCUT2D eigenvalue weighted by Gasteiger charge is -2.13. The average molecular weight is 454 g/mol. The lowest BCUT2D eigenvalue weighted by atomic mass is 10.2. The van der Waals surface area contributed by atoms with Gasteiger partial charge in [-0.1, -0.05) is 53.0 Å². The Balaban J connectivity index is 2.00. The van der Waals surface area contributed by atoms with Crippen LogP contribution in [0.3, 0.4) is 0 Å². The van der Waals surface area contributed by atoms with Crippen molar-refractivity contribution in [1.82, 2.24) is 9.78 Å². The molecule has 0 aliphatic rings. The molecule has 0 saturated carbocycles. The fourth-order valence-electron chi connectivity index (χ4n) is 2.48. The summed E-state index contributed by atoms with van der Waals surface area (Å²) in [5, 5.41) is 5.22. The SMILES string of the molecule is CCOC(=O)c1nn(-c2ccccc2Cl)c(=O)cc1OCc1ccc(Cl)c(Cl)c1. The number of benzene rings is 2. The van der Waals surface area contributed by atoms with Crippen LogP contribution in [0, 0.1) is 0 Å². The van der Waals surface area contributed by atoms with Crippen LogP contribution in [0.5, 0.6) is 5.75 Å². The van der Waals surface area contributed by atoms with E-state index in [4.69, 9.17) is 44.3 Å². The van der Waals surface area contributed by atoms with Crippen molar-refractivity contribution in [2.75, 3.05) is 6.61 Å². The summed E-state index contributed by atoms with van der Waals surface area (Å²) in [4.78, 5) is 25.0. The number of esters is 1. The molecular weight excluding hydrogens is 439 g/mol. The molecule has 0 aliphatic carbocycles. The Labute approximate surface area is 181 Å². The van der Waals surface area contributed by atoms with Gasteiger partial charge in [0.25, 0.3) is 5.56 Å². The molecule has 0 radical (unpaired) electrons. The largest absolute Gasteiger partial charge is 0.486 e. The predicted molar refractivity (Wildman–Crippen MR) is 112 cm³/mol. The first-order chi connectivity index (χ1) is 13.9.